The molecule has 0 bridgehead atoms. The molecule has 5 rings (SSSR count). The molecule has 4 amide bonds. The second-order valence-corrected chi connectivity index (χ2v) is 13.9. The molecule has 3 unspecified atom stereocenters. The third kappa shape index (κ3) is 8.97. The molecule has 1 aliphatic carbocycles. The lowest BCUT2D eigenvalue weighted by Gasteiger charge is -2.32. The minimum Gasteiger partial charge on any atom is -0.481 e. The van der Waals surface area contributed by atoms with Gasteiger partial charge in [-0.2, -0.15) is 0 Å². The van der Waals surface area contributed by atoms with Crippen molar-refractivity contribution < 1.29 is 39.0 Å². The van der Waals surface area contributed by atoms with Crippen molar-refractivity contribution in [3.05, 3.63) is 101 Å². The number of aliphatic carboxylic acids is 2. The molecule has 3 aromatic carbocycles. The Hall–Kier alpha value is -5.23. The van der Waals surface area contributed by atoms with Crippen LogP contribution in [0.15, 0.2) is 78.9 Å². The molecule has 1 heterocycles. The molecule has 52 heavy (non-hydrogen) atoms. The highest BCUT2D eigenvalue weighted by Gasteiger charge is 2.49. The van der Waals surface area contributed by atoms with Crippen LogP contribution in [0.1, 0.15) is 74.7 Å². The van der Waals surface area contributed by atoms with Crippen molar-refractivity contribution in [2.24, 2.45) is 5.41 Å². The van der Waals surface area contributed by atoms with Crippen molar-refractivity contribution in [1.29, 1.82) is 0 Å². The zero-order valence-corrected chi connectivity index (χ0v) is 29.7. The van der Waals surface area contributed by atoms with E-state index in [0.717, 1.165) is 18.4 Å². The fourth-order valence-corrected chi connectivity index (χ4v) is 7.37. The van der Waals surface area contributed by atoms with Crippen LogP contribution in [0.4, 0.5) is 5.69 Å². The normalized spacial score (nSPS) is 18.5. The third-order valence-electron chi connectivity index (χ3n) is 9.92. The zero-order valence-electron chi connectivity index (χ0n) is 28.9. The monoisotopic (exact) mass is 730 g/mol. The highest BCUT2D eigenvalue weighted by atomic mass is 35.5. The molecule has 1 saturated heterocycles. The molecule has 0 radical (unpaired) electrons. The first kappa shape index (κ1) is 38.0. The minimum atomic E-state index is -1.21. The fourth-order valence-electron chi connectivity index (χ4n) is 7.24. The van der Waals surface area contributed by atoms with Gasteiger partial charge in [0.2, 0.25) is 17.7 Å². The molecule has 2 fully saturated rings. The van der Waals surface area contributed by atoms with Crippen LogP contribution >= 0.6 is 11.6 Å². The van der Waals surface area contributed by atoms with Gasteiger partial charge in [-0.05, 0) is 60.2 Å². The predicted molar refractivity (Wildman–Crippen MR) is 193 cm³/mol. The molecule has 12 nitrogen and oxygen atoms in total. The van der Waals surface area contributed by atoms with Crippen LogP contribution in [0.3, 0.4) is 0 Å². The largest absolute Gasteiger partial charge is 0.481 e. The SMILES string of the molecule is CC(=O)NCCC1(C(=O)NC(Cc2ccc(N3C(=O)C(Cc4ccc(Cl)cc4)N(C(=O)CCC(=O)O)C3c3ccccc3)cc2)C(=O)O)CCCC1. The van der Waals surface area contributed by atoms with Gasteiger partial charge in [-0.3, -0.25) is 28.9 Å². The second kappa shape index (κ2) is 16.9. The Morgan fingerprint density at radius 1 is 0.885 bits per heavy atom. The maximum absolute atomic E-state index is 14.4. The number of nitrogens with one attached hydrogen (secondary N) is 2. The lowest BCUT2D eigenvalue weighted by Crippen LogP contribution is -2.49. The molecule has 2 aliphatic rings. The number of carbonyl (C=O) groups excluding carboxylic acids is 4. The van der Waals surface area contributed by atoms with E-state index in [1.165, 1.54) is 16.7 Å². The van der Waals surface area contributed by atoms with Crippen LogP contribution in [0.5, 0.6) is 0 Å². The molecular formula is C39H43ClN4O8. The standard InChI is InChI=1S/C39H43ClN4O8/c1-25(45)41-22-21-39(19-5-6-20-39)38(52)42-31(37(50)51)23-26-11-15-30(16-12-26)43-35(28-7-3-2-4-8-28)44(33(46)17-18-34(47)48)32(36(43)49)24-27-9-13-29(40)14-10-27/h2-4,7-16,31-32,35H,5-6,17-24H2,1H3,(H,41,45)(H,42,52)(H,47,48)(H,50,51). The highest BCUT2D eigenvalue weighted by Crippen LogP contribution is 2.42. The molecule has 13 heteroatoms. The number of hydrogen-bond acceptors (Lipinski definition) is 6. The highest BCUT2D eigenvalue weighted by molar-refractivity contribution is 6.30. The maximum Gasteiger partial charge on any atom is 0.326 e. The summed E-state index contributed by atoms with van der Waals surface area (Å²) in [5.74, 6) is -3.70. The molecule has 0 spiro atoms. The van der Waals surface area contributed by atoms with Gasteiger partial charge in [-0.1, -0.05) is 79.0 Å². The first-order valence-corrected chi connectivity index (χ1v) is 17.8. The van der Waals surface area contributed by atoms with Crippen molar-refractivity contribution in [2.45, 2.75) is 83.0 Å². The molecule has 3 atom stereocenters. The summed E-state index contributed by atoms with van der Waals surface area (Å²) in [5.41, 5.74) is 1.72. The lowest BCUT2D eigenvalue weighted by molar-refractivity contribution is -0.144. The number of benzene rings is 3. The maximum atomic E-state index is 14.4. The van der Waals surface area contributed by atoms with E-state index < -0.39 is 47.9 Å². The number of nitrogens with zero attached hydrogens (tertiary/aromatic N) is 2. The van der Waals surface area contributed by atoms with E-state index in [4.69, 9.17) is 11.6 Å². The number of halogens is 1. The van der Waals surface area contributed by atoms with E-state index in [-0.39, 0.29) is 37.0 Å². The van der Waals surface area contributed by atoms with Crippen molar-refractivity contribution in [2.75, 3.05) is 11.4 Å². The van der Waals surface area contributed by atoms with E-state index >= 15 is 0 Å². The number of rotatable bonds is 15. The molecule has 274 valence electrons. The first-order valence-electron chi connectivity index (χ1n) is 17.4. The van der Waals surface area contributed by atoms with E-state index in [1.54, 1.807) is 72.8 Å². The molecule has 0 aromatic heterocycles. The van der Waals surface area contributed by atoms with Gasteiger partial charge in [0.15, 0.2) is 0 Å². The average Bonchev–Trinajstić information content (AvgIpc) is 3.71. The van der Waals surface area contributed by atoms with Gasteiger partial charge < -0.3 is 25.7 Å². The van der Waals surface area contributed by atoms with Gasteiger partial charge in [-0.15, -0.1) is 0 Å². The van der Waals surface area contributed by atoms with Crippen LogP contribution < -0.4 is 15.5 Å². The van der Waals surface area contributed by atoms with E-state index in [1.807, 2.05) is 6.07 Å². The smallest absolute Gasteiger partial charge is 0.326 e. The average molecular weight is 731 g/mol. The number of hydrogen-bond donors (Lipinski definition) is 4. The Kier molecular flexibility index (Phi) is 12.3. The lowest BCUT2D eigenvalue weighted by atomic mass is 9.81. The van der Waals surface area contributed by atoms with E-state index in [0.29, 0.717) is 47.6 Å². The number of carbonyl (C=O) groups is 6. The quantitative estimate of drug-likeness (QED) is 0.171. The summed E-state index contributed by atoms with van der Waals surface area (Å²) >= 11 is 6.10. The van der Waals surface area contributed by atoms with Crippen molar-refractivity contribution in [3.63, 3.8) is 0 Å². The number of amides is 4. The van der Waals surface area contributed by atoms with E-state index in [9.17, 15) is 39.0 Å². The Balaban J connectivity index is 1.42. The zero-order chi connectivity index (χ0) is 37.4. The Morgan fingerprint density at radius 3 is 2.12 bits per heavy atom. The minimum absolute atomic E-state index is 0.0157. The summed E-state index contributed by atoms with van der Waals surface area (Å²) in [4.78, 5) is 79.9. The summed E-state index contributed by atoms with van der Waals surface area (Å²) < 4.78 is 0. The summed E-state index contributed by atoms with van der Waals surface area (Å²) in [6.45, 7) is 1.73. The number of carboxylic acid groups (broad SMARTS) is 2. The van der Waals surface area contributed by atoms with E-state index in [2.05, 4.69) is 10.6 Å². The second-order valence-electron chi connectivity index (χ2n) is 13.5. The van der Waals surface area contributed by atoms with Crippen molar-refractivity contribution in [3.8, 4) is 0 Å². The van der Waals surface area contributed by atoms with Gasteiger partial charge in [0, 0.05) is 43.4 Å². The van der Waals surface area contributed by atoms with Crippen molar-refractivity contribution >= 4 is 52.9 Å². The third-order valence-corrected chi connectivity index (χ3v) is 10.2. The van der Waals surface area contributed by atoms with Gasteiger partial charge in [-0.25, -0.2) is 4.79 Å². The van der Waals surface area contributed by atoms with Crippen LogP contribution in [-0.2, 0) is 41.6 Å². The Labute approximate surface area is 307 Å². The van der Waals surface area contributed by atoms with Crippen LogP contribution in [-0.4, -0.2) is 69.3 Å². The fraction of sp³-hybridized carbons (Fsp3) is 0.385. The van der Waals surface area contributed by atoms with Crippen LogP contribution in [0, 0.1) is 5.41 Å². The Morgan fingerprint density at radius 2 is 1.52 bits per heavy atom. The molecule has 1 saturated carbocycles. The molecule has 1 aliphatic heterocycles. The summed E-state index contributed by atoms with van der Waals surface area (Å²) in [6.07, 6.45) is 1.89. The molecular weight excluding hydrogens is 688 g/mol. The van der Waals surface area contributed by atoms with Gasteiger partial charge in [0.1, 0.15) is 18.2 Å². The summed E-state index contributed by atoms with van der Waals surface area (Å²) in [7, 11) is 0. The number of anilines is 1. The molecule has 3 aromatic rings. The van der Waals surface area contributed by atoms with Crippen LogP contribution in [0.25, 0.3) is 0 Å². The summed E-state index contributed by atoms with van der Waals surface area (Å²) in [6, 6.07) is 20.5. The van der Waals surface area contributed by atoms with Gasteiger partial charge in [0.25, 0.3) is 5.91 Å². The van der Waals surface area contributed by atoms with Crippen LogP contribution in [0.2, 0.25) is 5.02 Å². The van der Waals surface area contributed by atoms with Crippen molar-refractivity contribution in [1.82, 2.24) is 15.5 Å². The molecule has 4 N–H and O–H groups in total. The number of carboxylic acids is 2. The first-order chi connectivity index (χ1) is 24.9. The topological polar surface area (TPSA) is 173 Å². The predicted octanol–water partition coefficient (Wildman–Crippen LogP) is 4.89. The van der Waals surface area contributed by atoms with Gasteiger partial charge >= 0.3 is 11.9 Å². The summed E-state index contributed by atoms with van der Waals surface area (Å²) in [5, 5.41) is 25.5. The van der Waals surface area contributed by atoms with Gasteiger partial charge in [0.05, 0.1) is 11.8 Å². The Bertz CT molecular complexity index is 1780.